The van der Waals surface area contributed by atoms with Gasteiger partial charge >= 0.3 is 17.9 Å². The van der Waals surface area contributed by atoms with Crippen molar-refractivity contribution in [2.75, 3.05) is 13.2 Å². The first-order valence-corrected chi connectivity index (χ1v) is 11.1. The van der Waals surface area contributed by atoms with Crippen LogP contribution in [0.3, 0.4) is 0 Å². The molecule has 0 aromatic rings. The van der Waals surface area contributed by atoms with Gasteiger partial charge in [0, 0.05) is 6.42 Å². The minimum Gasteiger partial charge on any atom is -0.453 e. The first-order chi connectivity index (χ1) is 14.0. The Morgan fingerprint density at radius 1 is 0.900 bits per heavy atom. The van der Waals surface area contributed by atoms with Gasteiger partial charge in [-0.05, 0) is 30.6 Å². The molecule has 2 unspecified atom stereocenters. The third-order valence-electron chi connectivity index (χ3n) is 4.85. The number of rotatable bonds is 11. The molecule has 7 nitrogen and oxygen atoms in total. The summed E-state index contributed by atoms with van der Waals surface area (Å²) in [5.41, 5.74) is -0.0861. The highest BCUT2D eigenvalue weighted by atomic mass is 16.7. The van der Waals surface area contributed by atoms with Gasteiger partial charge in [-0.15, -0.1) is 0 Å². The van der Waals surface area contributed by atoms with Gasteiger partial charge in [0.1, 0.15) is 0 Å². The average molecular weight is 429 g/mol. The van der Waals surface area contributed by atoms with E-state index < -0.39 is 37.4 Å². The molecular formula is C23H40O7. The molecule has 0 aromatic heterocycles. The zero-order valence-corrected chi connectivity index (χ0v) is 19.5. The monoisotopic (exact) mass is 428 g/mol. The number of carbonyl (C=O) groups is 3. The number of hydrogen-bond acceptors (Lipinski definition) is 7. The molecule has 0 spiro atoms. The van der Waals surface area contributed by atoms with Crippen LogP contribution in [0.5, 0.6) is 0 Å². The van der Waals surface area contributed by atoms with Gasteiger partial charge in [-0.2, -0.15) is 0 Å². The lowest BCUT2D eigenvalue weighted by Crippen LogP contribution is -2.33. The Bertz CT molecular complexity index is 544. The van der Waals surface area contributed by atoms with E-state index in [1.807, 2.05) is 34.6 Å². The second-order valence-corrected chi connectivity index (χ2v) is 9.88. The van der Waals surface area contributed by atoms with E-state index in [2.05, 4.69) is 0 Å². The summed E-state index contributed by atoms with van der Waals surface area (Å²) >= 11 is 0. The molecule has 7 heteroatoms. The van der Waals surface area contributed by atoms with Gasteiger partial charge in [0.25, 0.3) is 0 Å². The second kappa shape index (κ2) is 12.9. The van der Waals surface area contributed by atoms with Crippen LogP contribution in [0.2, 0.25) is 0 Å². The Balaban J connectivity index is 2.40. The summed E-state index contributed by atoms with van der Waals surface area (Å²) in [5.74, 6) is -1.84. The summed E-state index contributed by atoms with van der Waals surface area (Å²) in [4.78, 5) is 35.8. The van der Waals surface area contributed by atoms with Crippen molar-refractivity contribution in [2.45, 2.75) is 98.9 Å². The molecule has 0 aliphatic heterocycles. The molecule has 0 radical (unpaired) electrons. The second-order valence-electron chi connectivity index (χ2n) is 9.88. The van der Waals surface area contributed by atoms with Crippen molar-refractivity contribution in [1.29, 1.82) is 0 Å². The predicted octanol–water partition coefficient (Wildman–Crippen LogP) is 4.41. The summed E-state index contributed by atoms with van der Waals surface area (Å²) in [6.45, 7) is 10.9. The molecule has 1 fully saturated rings. The summed E-state index contributed by atoms with van der Waals surface area (Å²) in [6, 6.07) is 0. The van der Waals surface area contributed by atoms with Gasteiger partial charge in [0.05, 0.1) is 12.0 Å². The Labute approximate surface area is 181 Å². The lowest BCUT2D eigenvalue weighted by atomic mass is 9.91. The SMILES string of the molecule is CC(C)CC(C)C(=O)OCC(=O)OCC(=O)OC(CC(C)(C)C)OC1CCCCC1. The van der Waals surface area contributed by atoms with Crippen LogP contribution < -0.4 is 0 Å². The average Bonchev–Trinajstić information content (AvgIpc) is 2.63. The zero-order valence-electron chi connectivity index (χ0n) is 19.5. The van der Waals surface area contributed by atoms with E-state index in [-0.39, 0.29) is 17.4 Å². The Kier molecular flexibility index (Phi) is 11.4. The molecule has 1 aliphatic carbocycles. The Hall–Kier alpha value is -1.63. The lowest BCUT2D eigenvalue weighted by Gasteiger charge is -2.31. The summed E-state index contributed by atoms with van der Waals surface area (Å²) in [6.07, 6.45) is 6.02. The Morgan fingerprint density at radius 3 is 2.07 bits per heavy atom. The van der Waals surface area contributed by atoms with Gasteiger partial charge in [-0.1, -0.05) is 60.8 Å². The molecule has 1 aliphatic rings. The maximum absolute atomic E-state index is 12.2. The number of ether oxygens (including phenoxy) is 4. The standard InChI is InChI=1S/C23H40O7/c1-16(2)12-17(3)22(26)28-14-19(24)27-15-20(25)30-21(13-23(4,5)6)29-18-10-8-7-9-11-18/h16-18,21H,7-15H2,1-6H3. The third kappa shape index (κ3) is 12.2. The normalized spacial score (nSPS) is 17.3. The highest BCUT2D eigenvalue weighted by Crippen LogP contribution is 2.27. The molecule has 0 heterocycles. The molecule has 0 aromatic carbocycles. The fourth-order valence-electron chi connectivity index (χ4n) is 3.47. The molecule has 0 amide bonds. The summed E-state index contributed by atoms with van der Waals surface area (Å²) < 4.78 is 21.3. The van der Waals surface area contributed by atoms with E-state index in [1.54, 1.807) is 6.92 Å². The van der Waals surface area contributed by atoms with Crippen LogP contribution in [-0.4, -0.2) is 43.5 Å². The molecule has 1 saturated carbocycles. The smallest absolute Gasteiger partial charge is 0.346 e. The molecule has 0 bridgehead atoms. The van der Waals surface area contributed by atoms with Crippen LogP contribution in [-0.2, 0) is 33.3 Å². The van der Waals surface area contributed by atoms with Gasteiger partial charge in [-0.3, -0.25) is 4.79 Å². The van der Waals surface area contributed by atoms with E-state index in [9.17, 15) is 14.4 Å². The first-order valence-electron chi connectivity index (χ1n) is 11.1. The number of hydrogen-bond donors (Lipinski definition) is 0. The van der Waals surface area contributed by atoms with E-state index >= 15 is 0 Å². The first kappa shape index (κ1) is 26.4. The van der Waals surface area contributed by atoms with E-state index in [0.717, 1.165) is 25.7 Å². The van der Waals surface area contributed by atoms with Gasteiger partial charge < -0.3 is 18.9 Å². The van der Waals surface area contributed by atoms with Gasteiger partial charge in [-0.25, -0.2) is 9.59 Å². The highest BCUT2D eigenvalue weighted by molar-refractivity contribution is 5.79. The largest absolute Gasteiger partial charge is 0.453 e. The third-order valence-corrected chi connectivity index (χ3v) is 4.85. The van der Waals surface area contributed by atoms with Crippen molar-refractivity contribution in [1.82, 2.24) is 0 Å². The number of carbonyl (C=O) groups excluding carboxylic acids is 3. The van der Waals surface area contributed by atoms with Crippen molar-refractivity contribution in [3.05, 3.63) is 0 Å². The van der Waals surface area contributed by atoms with Crippen LogP contribution in [0.15, 0.2) is 0 Å². The van der Waals surface area contributed by atoms with Gasteiger partial charge in [0.15, 0.2) is 13.2 Å². The molecule has 0 N–H and O–H groups in total. The highest BCUT2D eigenvalue weighted by Gasteiger charge is 2.27. The van der Waals surface area contributed by atoms with Crippen LogP contribution in [0.4, 0.5) is 0 Å². The van der Waals surface area contributed by atoms with E-state index in [1.165, 1.54) is 6.42 Å². The lowest BCUT2D eigenvalue weighted by molar-refractivity contribution is -0.204. The molecular weight excluding hydrogens is 388 g/mol. The van der Waals surface area contributed by atoms with Crippen molar-refractivity contribution >= 4 is 17.9 Å². The van der Waals surface area contributed by atoms with E-state index in [4.69, 9.17) is 18.9 Å². The molecule has 1 rings (SSSR count). The van der Waals surface area contributed by atoms with Crippen molar-refractivity contribution in [3.8, 4) is 0 Å². The minimum atomic E-state index is -0.780. The van der Waals surface area contributed by atoms with Crippen molar-refractivity contribution < 1.29 is 33.3 Å². The Morgan fingerprint density at radius 2 is 1.50 bits per heavy atom. The zero-order chi connectivity index (χ0) is 22.7. The fourth-order valence-corrected chi connectivity index (χ4v) is 3.47. The predicted molar refractivity (Wildman–Crippen MR) is 112 cm³/mol. The molecule has 30 heavy (non-hydrogen) atoms. The van der Waals surface area contributed by atoms with Crippen LogP contribution in [0.1, 0.15) is 86.5 Å². The van der Waals surface area contributed by atoms with Crippen LogP contribution in [0, 0.1) is 17.3 Å². The van der Waals surface area contributed by atoms with Crippen molar-refractivity contribution in [3.63, 3.8) is 0 Å². The van der Waals surface area contributed by atoms with Crippen LogP contribution >= 0.6 is 0 Å². The quantitative estimate of drug-likeness (QED) is 0.274. The molecule has 174 valence electrons. The summed E-state index contributed by atoms with van der Waals surface area (Å²) in [5, 5.41) is 0. The molecule has 0 saturated heterocycles. The number of esters is 3. The fraction of sp³-hybridized carbons (Fsp3) is 0.870. The van der Waals surface area contributed by atoms with Gasteiger partial charge in [0.2, 0.25) is 6.29 Å². The minimum absolute atomic E-state index is 0.0861. The maximum Gasteiger partial charge on any atom is 0.346 e. The summed E-state index contributed by atoms with van der Waals surface area (Å²) in [7, 11) is 0. The van der Waals surface area contributed by atoms with Crippen molar-refractivity contribution in [2.24, 2.45) is 17.3 Å². The van der Waals surface area contributed by atoms with Crippen LogP contribution in [0.25, 0.3) is 0 Å². The maximum atomic E-state index is 12.2. The topological polar surface area (TPSA) is 88.1 Å². The van der Waals surface area contributed by atoms with E-state index in [0.29, 0.717) is 18.8 Å². The molecule has 2 atom stereocenters.